The maximum absolute atomic E-state index is 12.1. The van der Waals surface area contributed by atoms with Crippen LogP contribution in [0.25, 0.3) is 0 Å². The van der Waals surface area contributed by atoms with E-state index in [1.54, 1.807) is 48.7 Å². The Bertz CT molecular complexity index is 766. The summed E-state index contributed by atoms with van der Waals surface area (Å²) in [6.45, 7) is 0. The summed E-state index contributed by atoms with van der Waals surface area (Å²) in [6.07, 6.45) is 11.6. The third-order valence-corrected chi connectivity index (χ3v) is 4.23. The number of hydrogen-bond acceptors (Lipinski definition) is 3. The van der Waals surface area contributed by atoms with E-state index in [1.807, 2.05) is 6.08 Å². The van der Waals surface area contributed by atoms with Gasteiger partial charge in [0.2, 0.25) is 5.91 Å². The van der Waals surface area contributed by atoms with Gasteiger partial charge in [0.1, 0.15) is 0 Å². The molecular formula is C20H21N3O2. The van der Waals surface area contributed by atoms with Gasteiger partial charge < -0.3 is 10.6 Å². The van der Waals surface area contributed by atoms with E-state index in [9.17, 15) is 9.59 Å². The van der Waals surface area contributed by atoms with Gasteiger partial charge in [-0.3, -0.25) is 14.6 Å². The average molecular weight is 335 g/mol. The Balaban J connectivity index is 1.59. The molecular weight excluding hydrogens is 314 g/mol. The van der Waals surface area contributed by atoms with Gasteiger partial charge in [0, 0.05) is 23.8 Å². The third-order valence-electron chi connectivity index (χ3n) is 4.23. The molecule has 1 aliphatic rings. The van der Waals surface area contributed by atoms with E-state index in [2.05, 4.69) is 15.6 Å². The van der Waals surface area contributed by atoms with E-state index in [0.29, 0.717) is 22.9 Å². The van der Waals surface area contributed by atoms with Crippen molar-refractivity contribution in [3.8, 4) is 0 Å². The molecule has 2 N–H and O–H groups in total. The van der Waals surface area contributed by atoms with E-state index < -0.39 is 0 Å². The average Bonchev–Trinajstić information content (AvgIpc) is 3.15. The lowest BCUT2D eigenvalue weighted by Gasteiger charge is -2.08. The van der Waals surface area contributed by atoms with Crippen LogP contribution in [0, 0.1) is 5.92 Å². The molecule has 1 saturated carbocycles. The molecule has 128 valence electrons. The molecule has 0 spiro atoms. The summed E-state index contributed by atoms with van der Waals surface area (Å²) in [4.78, 5) is 28.1. The molecule has 2 aromatic rings. The highest BCUT2D eigenvalue weighted by molar-refractivity contribution is 6.04. The maximum atomic E-state index is 12.1. The zero-order valence-corrected chi connectivity index (χ0v) is 13.9. The Morgan fingerprint density at radius 3 is 2.52 bits per heavy atom. The van der Waals surface area contributed by atoms with Crippen LogP contribution >= 0.6 is 0 Å². The van der Waals surface area contributed by atoms with Crippen molar-refractivity contribution >= 4 is 23.2 Å². The predicted molar refractivity (Wildman–Crippen MR) is 98.4 cm³/mol. The normalized spacial score (nSPS) is 14.6. The van der Waals surface area contributed by atoms with Gasteiger partial charge in [-0.1, -0.05) is 25.0 Å². The molecule has 5 nitrogen and oxygen atoms in total. The van der Waals surface area contributed by atoms with Crippen molar-refractivity contribution in [1.82, 2.24) is 4.98 Å². The second-order valence-electron chi connectivity index (χ2n) is 6.17. The highest BCUT2D eigenvalue weighted by Crippen LogP contribution is 2.25. The van der Waals surface area contributed by atoms with Crippen molar-refractivity contribution in [2.45, 2.75) is 25.7 Å². The van der Waals surface area contributed by atoms with Gasteiger partial charge in [-0.2, -0.15) is 0 Å². The van der Waals surface area contributed by atoms with Crippen LogP contribution in [-0.4, -0.2) is 16.8 Å². The number of amides is 2. The number of benzene rings is 1. The highest BCUT2D eigenvalue weighted by atomic mass is 16.2. The fourth-order valence-electron chi connectivity index (χ4n) is 2.93. The fourth-order valence-corrected chi connectivity index (χ4v) is 2.93. The summed E-state index contributed by atoms with van der Waals surface area (Å²) in [7, 11) is 0. The molecule has 0 unspecified atom stereocenters. The first kappa shape index (κ1) is 16.9. The van der Waals surface area contributed by atoms with Crippen LogP contribution < -0.4 is 10.6 Å². The topological polar surface area (TPSA) is 71.1 Å². The van der Waals surface area contributed by atoms with E-state index in [4.69, 9.17) is 0 Å². The number of nitrogens with one attached hydrogen (secondary N) is 2. The predicted octanol–water partition coefficient (Wildman–Crippen LogP) is 4.02. The number of carbonyl (C=O) groups excluding carboxylic acids is 2. The summed E-state index contributed by atoms with van der Waals surface area (Å²) in [5.41, 5.74) is 1.74. The van der Waals surface area contributed by atoms with Gasteiger partial charge in [-0.05, 0) is 55.2 Å². The number of aromatic nitrogens is 1. The quantitative estimate of drug-likeness (QED) is 0.811. The van der Waals surface area contributed by atoms with Gasteiger partial charge in [0.25, 0.3) is 5.91 Å². The number of carbonyl (C=O) groups is 2. The number of hydrogen-bond donors (Lipinski definition) is 2. The first-order chi connectivity index (χ1) is 12.2. The van der Waals surface area contributed by atoms with E-state index in [-0.39, 0.29) is 11.8 Å². The van der Waals surface area contributed by atoms with Gasteiger partial charge >= 0.3 is 0 Å². The lowest BCUT2D eigenvalue weighted by Crippen LogP contribution is -2.13. The molecule has 3 rings (SSSR count). The maximum Gasteiger partial charge on any atom is 0.257 e. The van der Waals surface area contributed by atoms with Crippen molar-refractivity contribution in [2.75, 3.05) is 10.6 Å². The SMILES string of the molecule is O=C(/C=C/C1CCCC1)Nc1cccc(NC(=O)c2cccnc2)c1. The lowest BCUT2D eigenvalue weighted by molar-refractivity contribution is -0.111. The first-order valence-electron chi connectivity index (χ1n) is 8.51. The molecule has 0 saturated heterocycles. The smallest absolute Gasteiger partial charge is 0.257 e. The van der Waals surface area contributed by atoms with Crippen molar-refractivity contribution < 1.29 is 9.59 Å². The first-order valence-corrected chi connectivity index (χ1v) is 8.51. The summed E-state index contributed by atoms with van der Waals surface area (Å²) >= 11 is 0. The van der Waals surface area contributed by atoms with E-state index >= 15 is 0 Å². The molecule has 0 bridgehead atoms. The fraction of sp³-hybridized carbons (Fsp3) is 0.250. The molecule has 2 amide bonds. The summed E-state index contributed by atoms with van der Waals surface area (Å²) < 4.78 is 0. The Labute approximate surface area is 147 Å². The number of allylic oxidation sites excluding steroid dienone is 1. The lowest BCUT2D eigenvalue weighted by atomic mass is 10.1. The number of nitrogens with zero attached hydrogens (tertiary/aromatic N) is 1. The Morgan fingerprint density at radius 2 is 1.80 bits per heavy atom. The molecule has 1 aromatic heterocycles. The second kappa shape index (κ2) is 8.24. The monoisotopic (exact) mass is 335 g/mol. The van der Waals surface area contributed by atoms with Crippen molar-refractivity contribution in [1.29, 1.82) is 0 Å². The molecule has 1 aliphatic carbocycles. The van der Waals surface area contributed by atoms with Crippen LogP contribution in [0.2, 0.25) is 0 Å². The molecule has 0 radical (unpaired) electrons. The van der Waals surface area contributed by atoms with Gasteiger partial charge in [-0.15, -0.1) is 0 Å². The van der Waals surface area contributed by atoms with Crippen molar-refractivity contribution in [3.05, 3.63) is 66.5 Å². The van der Waals surface area contributed by atoms with E-state index in [0.717, 1.165) is 0 Å². The largest absolute Gasteiger partial charge is 0.322 e. The minimum Gasteiger partial charge on any atom is -0.322 e. The summed E-state index contributed by atoms with van der Waals surface area (Å²) in [5, 5.41) is 5.63. The van der Waals surface area contributed by atoms with Crippen molar-refractivity contribution in [3.63, 3.8) is 0 Å². The van der Waals surface area contributed by atoms with Crippen LogP contribution in [0.4, 0.5) is 11.4 Å². The molecule has 0 aliphatic heterocycles. The molecule has 1 aromatic carbocycles. The number of anilines is 2. The Morgan fingerprint density at radius 1 is 1.04 bits per heavy atom. The zero-order chi connectivity index (χ0) is 17.5. The van der Waals surface area contributed by atoms with Gasteiger partial charge in [0.15, 0.2) is 0 Å². The summed E-state index contributed by atoms with van der Waals surface area (Å²) in [6, 6.07) is 10.5. The van der Waals surface area contributed by atoms with Gasteiger partial charge in [-0.25, -0.2) is 0 Å². The van der Waals surface area contributed by atoms with Gasteiger partial charge in [0.05, 0.1) is 5.56 Å². The highest BCUT2D eigenvalue weighted by Gasteiger charge is 2.12. The number of rotatable bonds is 5. The van der Waals surface area contributed by atoms with Crippen LogP contribution in [0.1, 0.15) is 36.0 Å². The van der Waals surface area contributed by atoms with Crippen LogP contribution in [0.15, 0.2) is 60.9 Å². The van der Waals surface area contributed by atoms with Crippen LogP contribution in [0.3, 0.4) is 0 Å². The number of pyridine rings is 1. The molecule has 1 heterocycles. The van der Waals surface area contributed by atoms with E-state index in [1.165, 1.54) is 31.9 Å². The Hall–Kier alpha value is -2.95. The molecule has 5 heteroatoms. The third kappa shape index (κ3) is 5.01. The van der Waals surface area contributed by atoms with Crippen LogP contribution in [-0.2, 0) is 4.79 Å². The molecule has 0 atom stereocenters. The molecule has 1 fully saturated rings. The standard InChI is InChI=1S/C20H21N3O2/c24-19(11-10-15-5-1-2-6-15)22-17-8-3-9-18(13-17)23-20(25)16-7-4-12-21-14-16/h3-4,7-15H,1-2,5-6H2,(H,22,24)(H,23,25)/b11-10+. The zero-order valence-electron chi connectivity index (χ0n) is 13.9. The van der Waals surface area contributed by atoms with Crippen LogP contribution in [0.5, 0.6) is 0 Å². The minimum absolute atomic E-state index is 0.150. The van der Waals surface area contributed by atoms with Crippen molar-refractivity contribution in [2.24, 2.45) is 5.92 Å². The second-order valence-corrected chi connectivity index (χ2v) is 6.17. The molecule has 25 heavy (non-hydrogen) atoms. The summed E-state index contributed by atoms with van der Waals surface area (Å²) in [5.74, 6) is 0.135. The Kier molecular flexibility index (Phi) is 5.57. The minimum atomic E-state index is -0.238.